The molecule has 1 saturated heterocycles. The van der Waals surface area contributed by atoms with Crippen molar-refractivity contribution in [2.75, 3.05) is 18.0 Å². The molecule has 1 aliphatic heterocycles. The molecule has 3 aromatic rings. The zero-order chi connectivity index (χ0) is 16.5. The standard InChI is InChI=1S/C17H17F2N5/c18-13-6-14-16(3-4-21-17(14)15(19)7-13)23-5-1-2-12(8-23)9-24-11-20-10-22-24/h3-4,6-7,10-12H,1-2,5,8-9H2. The Labute approximate surface area is 137 Å². The van der Waals surface area contributed by atoms with Crippen molar-refractivity contribution < 1.29 is 8.78 Å². The molecule has 0 radical (unpaired) electrons. The highest BCUT2D eigenvalue weighted by Crippen LogP contribution is 2.31. The molecule has 3 heterocycles. The molecule has 24 heavy (non-hydrogen) atoms. The van der Waals surface area contributed by atoms with Gasteiger partial charge < -0.3 is 4.90 Å². The molecule has 1 unspecified atom stereocenters. The predicted octanol–water partition coefficient (Wildman–Crippen LogP) is 3.02. The minimum atomic E-state index is -0.622. The van der Waals surface area contributed by atoms with E-state index in [4.69, 9.17) is 0 Å². The lowest BCUT2D eigenvalue weighted by Gasteiger charge is -2.35. The Balaban J connectivity index is 1.64. The van der Waals surface area contributed by atoms with Crippen LogP contribution in [0.15, 0.2) is 37.1 Å². The van der Waals surface area contributed by atoms with Crippen molar-refractivity contribution in [1.82, 2.24) is 19.7 Å². The van der Waals surface area contributed by atoms with Crippen LogP contribution < -0.4 is 4.90 Å². The number of hydrogen-bond acceptors (Lipinski definition) is 4. The van der Waals surface area contributed by atoms with Gasteiger partial charge in [-0.15, -0.1) is 0 Å². The largest absolute Gasteiger partial charge is 0.371 e. The summed E-state index contributed by atoms with van der Waals surface area (Å²) in [4.78, 5) is 10.2. The average molecular weight is 329 g/mol. The SMILES string of the molecule is Fc1cc(F)c2nccc(N3CCCC(Cn4cncn4)C3)c2c1. The Morgan fingerprint density at radius 3 is 3.00 bits per heavy atom. The molecule has 0 bridgehead atoms. The molecular weight excluding hydrogens is 312 g/mol. The summed E-state index contributed by atoms with van der Waals surface area (Å²) in [5, 5.41) is 4.68. The van der Waals surface area contributed by atoms with Gasteiger partial charge in [0.05, 0.1) is 0 Å². The number of anilines is 1. The van der Waals surface area contributed by atoms with Crippen LogP contribution in [0.3, 0.4) is 0 Å². The Morgan fingerprint density at radius 1 is 1.25 bits per heavy atom. The van der Waals surface area contributed by atoms with E-state index in [0.717, 1.165) is 44.2 Å². The first-order valence-corrected chi connectivity index (χ1v) is 8.02. The van der Waals surface area contributed by atoms with E-state index in [1.165, 1.54) is 12.4 Å². The van der Waals surface area contributed by atoms with Gasteiger partial charge in [-0.2, -0.15) is 5.10 Å². The number of fused-ring (bicyclic) bond motifs is 1. The fourth-order valence-electron chi connectivity index (χ4n) is 3.46. The first kappa shape index (κ1) is 15.0. The molecule has 0 spiro atoms. The molecule has 7 heteroatoms. The fourth-order valence-corrected chi connectivity index (χ4v) is 3.46. The minimum Gasteiger partial charge on any atom is -0.371 e. The van der Waals surface area contributed by atoms with Gasteiger partial charge in [0.15, 0.2) is 5.82 Å². The van der Waals surface area contributed by atoms with Crippen molar-refractivity contribution >= 4 is 16.6 Å². The average Bonchev–Trinajstić information content (AvgIpc) is 3.07. The summed E-state index contributed by atoms with van der Waals surface area (Å²) < 4.78 is 29.5. The van der Waals surface area contributed by atoms with E-state index in [1.807, 2.05) is 10.7 Å². The van der Waals surface area contributed by atoms with E-state index >= 15 is 0 Å². The van der Waals surface area contributed by atoms with Gasteiger partial charge in [-0.25, -0.2) is 13.8 Å². The topological polar surface area (TPSA) is 46.8 Å². The van der Waals surface area contributed by atoms with Crippen molar-refractivity contribution in [1.29, 1.82) is 0 Å². The van der Waals surface area contributed by atoms with Gasteiger partial charge in [0.25, 0.3) is 0 Å². The summed E-state index contributed by atoms with van der Waals surface area (Å²) in [6, 6.07) is 4.07. The maximum atomic E-state index is 14.0. The summed E-state index contributed by atoms with van der Waals surface area (Å²) in [6.07, 6.45) is 6.96. The molecule has 1 aliphatic rings. The number of piperidine rings is 1. The van der Waals surface area contributed by atoms with Crippen LogP contribution in [0.2, 0.25) is 0 Å². The second kappa shape index (κ2) is 6.14. The number of aromatic nitrogens is 4. The van der Waals surface area contributed by atoms with Crippen LogP contribution in [-0.4, -0.2) is 32.8 Å². The Morgan fingerprint density at radius 2 is 2.17 bits per heavy atom. The van der Waals surface area contributed by atoms with Crippen LogP contribution in [0.5, 0.6) is 0 Å². The molecule has 0 N–H and O–H groups in total. The Hall–Kier alpha value is -2.57. The molecule has 5 nitrogen and oxygen atoms in total. The first-order chi connectivity index (χ1) is 11.7. The monoisotopic (exact) mass is 329 g/mol. The number of halogens is 2. The molecule has 0 aliphatic carbocycles. The van der Waals surface area contributed by atoms with Crippen molar-refractivity contribution in [3.63, 3.8) is 0 Å². The number of pyridine rings is 1. The zero-order valence-corrected chi connectivity index (χ0v) is 13.1. The molecular formula is C17H17F2N5. The van der Waals surface area contributed by atoms with E-state index in [0.29, 0.717) is 11.3 Å². The number of nitrogens with zero attached hydrogens (tertiary/aromatic N) is 5. The lowest BCUT2D eigenvalue weighted by molar-refractivity contribution is 0.352. The van der Waals surface area contributed by atoms with Gasteiger partial charge >= 0.3 is 0 Å². The quantitative estimate of drug-likeness (QED) is 0.741. The number of rotatable bonds is 3. The third kappa shape index (κ3) is 2.81. The van der Waals surface area contributed by atoms with Crippen molar-refractivity contribution in [2.45, 2.75) is 19.4 Å². The highest BCUT2D eigenvalue weighted by Gasteiger charge is 2.23. The third-order valence-electron chi connectivity index (χ3n) is 4.51. The Bertz CT molecular complexity index is 850. The second-order valence-electron chi connectivity index (χ2n) is 6.19. The van der Waals surface area contributed by atoms with Gasteiger partial charge in [-0.05, 0) is 30.9 Å². The summed E-state index contributed by atoms with van der Waals surface area (Å²) in [7, 11) is 0. The maximum absolute atomic E-state index is 14.0. The van der Waals surface area contributed by atoms with Crippen molar-refractivity contribution in [3.05, 3.63) is 48.7 Å². The van der Waals surface area contributed by atoms with Crippen molar-refractivity contribution in [2.24, 2.45) is 5.92 Å². The van der Waals surface area contributed by atoms with Gasteiger partial charge in [-0.3, -0.25) is 9.67 Å². The summed E-state index contributed by atoms with van der Waals surface area (Å²) in [6.45, 7) is 2.48. The van der Waals surface area contributed by atoms with Crippen LogP contribution in [0, 0.1) is 17.6 Å². The molecule has 1 aromatic carbocycles. The highest BCUT2D eigenvalue weighted by atomic mass is 19.1. The minimum absolute atomic E-state index is 0.215. The molecule has 124 valence electrons. The zero-order valence-electron chi connectivity index (χ0n) is 13.1. The molecule has 2 aromatic heterocycles. The van der Waals surface area contributed by atoms with Gasteiger partial charge in [0, 0.05) is 43.0 Å². The van der Waals surface area contributed by atoms with E-state index in [2.05, 4.69) is 20.0 Å². The van der Waals surface area contributed by atoms with E-state index in [9.17, 15) is 8.78 Å². The second-order valence-corrected chi connectivity index (χ2v) is 6.19. The Kier molecular flexibility index (Phi) is 3.84. The number of hydrogen-bond donors (Lipinski definition) is 0. The number of benzene rings is 1. The summed E-state index contributed by atoms with van der Waals surface area (Å²) >= 11 is 0. The highest BCUT2D eigenvalue weighted by molar-refractivity contribution is 5.92. The lowest BCUT2D eigenvalue weighted by atomic mass is 9.97. The summed E-state index contributed by atoms with van der Waals surface area (Å²) in [5.74, 6) is -0.782. The smallest absolute Gasteiger partial charge is 0.152 e. The van der Waals surface area contributed by atoms with Crippen LogP contribution in [-0.2, 0) is 6.54 Å². The third-order valence-corrected chi connectivity index (χ3v) is 4.51. The molecule has 0 saturated carbocycles. The normalized spacial score (nSPS) is 18.2. The molecule has 1 fully saturated rings. The molecule has 0 amide bonds. The predicted molar refractivity (Wildman–Crippen MR) is 86.6 cm³/mol. The van der Waals surface area contributed by atoms with E-state index in [-0.39, 0.29) is 5.52 Å². The lowest BCUT2D eigenvalue weighted by Crippen LogP contribution is -2.37. The van der Waals surface area contributed by atoms with Gasteiger partial charge in [-0.1, -0.05) is 0 Å². The van der Waals surface area contributed by atoms with Crippen LogP contribution in [0.1, 0.15) is 12.8 Å². The van der Waals surface area contributed by atoms with Crippen LogP contribution in [0.4, 0.5) is 14.5 Å². The maximum Gasteiger partial charge on any atom is 0.152 e. The molecule has 4 rings (SSSR count). The first-order valence-electron chi connectivity index (χ1n) is 8.02. The van der Waals surface area contributed by atoms with Gasteiger partial charge in [0.1, 0.15) is 24.0 Å². The summed E-state index contributed by atoms with van der Waals surface area (Å²) in [5.41, 5.74) is 1.05. The molecule has 1 atom stereocenters. The van der Waals surface area contributed by atoms with E-state index < -0.39 is 11.6 Å². The van der Waals surface area contributed by atoms with Crippen LogP contribution in [0.25, 0.3) is 10.9 Å². The van der Waals surface area contributed by atoms with Crippen LogP contribution >= 0.6 is 0 Å². The van der Waals surface area contributed by atoms with E-state index in [1.54, 1.807) is 12.5 Å². The fraction of sp³-hybridized carbons (Fsp3) is 0.353. The van der Waals surface area contributed by atoms with Gasteiger partial charge in [0.2, 0.25) is 0 Å². The van der Waals surface area contributed by atoms with Crippen molar-refractivity contribution in [3.8, 4) is 0 Å².